The molecule has 0 unspecified atom stereocenters. The maximum atomic E-state index is 12.5. The first-order valence-electron chi connectivity index (χ1n) is 8.12. The molecule has 1 aromatic carbocycles. The first kappa shape index (κ1) is 15.9. The molecule has 8 heteroatoms. The summed E-state index contributed by atoms with van der Waals surface area (Å²) in [6, 6.07) is 5.96. The number of piperazine rings is 1. The van der Waals surface area contributed by atoms with Crippen molar-refractivity contribution in [3.05, 3.63) is 36.2 Å². The standard InChI is InChI=1S/C17H19N5O2S/c1-20-11-12(10-18-20)16(23)21-6-8-22(9-7-21)17-19-15-13(24-2)4-3-5-14(15)25-17/h3-5,10-11H,6-9H2,1-2H3. The van der Waals surface area contributed by atoms with Crippen LogP contribution in [-0.2, 0) is 7.05 Å². The van der Waals surface area contributed by atoms with Crippen LogP contribution in [0.1, 0.15) is 10.4 Å². The van der Waals surface area contributed by atoms with Crippen molar-refractivity contribution in [1.29, 1.82) is 0 Å². The van der Waals surface area contributed by atoms with Gasteiger partial charge in [-0.15, -0.1) is 0 Å². The van der Waals surface area contributed by atoms with Crippen LogP contribution in [0.15, 0.2) is 30.6 Å². The topological polar surface area (TPSA) is 63.5 Å². The minimum Gasteiger partial charge on any atom is -0.494 e. The summed E-state index contributed by atoms with van der Waals surface area (Å²) in [6.07, 6.45) is 3.38. The number of aryl methyl sites for hydroxylation is 1. The van der Waals surface area contributed by atoms with Crippen molar-refractivity contribution in [3.8, 4) is 5.75 Å². The maximum absolute atomic E-state index is 12.5. The van der Waals surface area contributed by atoms with Gasteiger partial charge >= 0.3 is 0 Å². The van der Waals surface area contributed by atoms with Crippen LogP contribution >= 0.6 is 11.3 Å². The van der Waals surface area contributed by atoms with E-state index in [-0.39, 0.29) is 5.91 Å². The van der Waals surface area contributed by atoms with Gasteiger partial charge in [-0.25, -0.2) is 4.98 Å². The van der Waals surface area contributed by atoms with E-state index in [0.29, 0.717) is 18.7 Å². The number of anilines is 1. The number of para-hydroxylation sites is 1. The summed E-state index contributed by atoms with van der Waals surface area (Å²) in [4.78, 5) is 21.4. The lowest BCUT2D eigenvalue weighted by atomic mass is 10.2. The summed E-state index contributed by atoms with van der Waals surface area (Å²) in [7, 11) is 3.48. The second kappa shape index (κ2) is 6.36. The van der Waals surface area contributed by atoms with Gasteiger partial charge in [-0.1, -0.05) is 17.4 Å². The number of benzene rings is 1. The second-order valence-corrected chi connectivity index (χ2v) is 6.99. The Bertz CT molecular complexity index is 911. The van der Waals surface area contributed by atoms with E-state index in [0.717, 1.165) is 34.2 Å². The summed E-state index contributed by atoms with van der Waals surface area (Å²) in [6.45, 7) is 2.91. The van der Waals surface area contributed by atoms with Crippen molar-refractivity contribution in [2.75, 3.05) is 38.2 Å². The summed E-state index contributed by atoms with van der Waals surface area (Å²) in [5.41, 5.74) is 1.54. The highest BCUT2D eigenvalue weighted by atomic mass is 32.1. The molecule has 1 aliphatic heterocycles. The van der Waals surface area contributed by atoms with Gasteiger partial charge in [0.05, 0.1) is 23.6 Å². The molecule has 0 saturated carbocycles. The fourth-order valence-electron chi connectivity index (χ4n) is 3.03. The van der Waals surface area contributed by atoms with E-state index in [1.165, 1.54) is 0 Å². The van der Waals surface area contributed by atoms with E-state index in [1.54, 1.807) is 35.5 Å². The summed E-state index contributed by atoms with van der Waals surface area (Å²) < 4.78 is 8.16. The highest BCUT2D eigenvalue weighted by molar-refractivity contribution is 7.22. The normalized spacial score (nSPS) is 15.0. The van der Waals surface area contributed by atoms with Gasteiger partial charge in [-0.3, -0.25) is 9.48 Å². The van der Waals surface area contributed by atoms with Gasteiger partial charge in [0.2, 0.25) is 0 Å². The molecule has 0 aliphatic carbocycles. The maximum Gasteiger partial charge on any atom is 0.257 e. The van der Waals surface area contributed by atoms with Gasteiger partial charge in [0.25, 0.3) is 5.91 Å². The number of rotatable bonds is 3. The zero-order valence-corrected chi connectivity index (χ0v) is 15.0. The first-order chi connectivity index (χ1) is 12.2. The third kappa shape index (κ3) is 2.93. The molecule has 3 aromatic rings. The molecular weight excluding hydrogens is 338 g/mol. The molecule has 1 aliphatic rings. The summed E-state index contributed by atoms with van der Waals surface area (Å²) in [5.74, 6) is 0.837. The van der Waals surface area contributed by atoms with E-state index in [1.807, 2.05) is 24.1 Å². The number of thiazole rings is 1. The molecule has 2 aromatic heterocycles. The molecular formula is C17H19N5O2S. The Morgan fingerprint density at radius 3 is 2.72 bits per heavy atom. The van der Waals surface area contributed by atoms with Crippen LogP contribution in [0.4, 0.5) is 5.13 Å². The van der Waals surface area contributed by atoms with Crippen LogP contribution in [0.3, 0.4) is 0 Å². The van der Waals surface area contributed by atoms with Crippen molar-refractivity contribution in [3.63, 3.8) is 0 Å². The molecule has 3 heterocycles. The van der Waals surface area contributed by atoms with E-state index in [9.17, 15) is 4.79 Å². The predicted octanol–water partition coefficient (Wildman–Crippen LogP) is 2.00. The van der Waals surface area contributed by atoms with Gasteiger partial charge in [0.1, 0.15) is 11.3 Å². The molecule has 25 heavy (non-hydrogen) atoms. The van der Waals surface area contributed by atoms with Crippen molar-refractivity contribution >= 4 is 32.6 Å². The number of carbonyl (C=O) groups excluding carboxylic acids is 1. The molecule has 0 N–H and O–H groups in total. The van der Waals surface area contributed by atoms with E-state index in [4.69, 9.17) is 9.72 Å². The summed E-state index contributed by atoms with van der Waals surface area (Å²) >= 11 is 1.66. The number of carbonyl (C=O) groups is 1. The van der Waals surface area contributed by atoms with Gasteiger partial charge in [0, 0.05) is 39.4 Å². The fraction of sp³-hybridized carbons (Fsp3) is 0.353. The van der Waals surface area contributed by atoms with Crippen LogP contribution in [0, 0.1) is 0 Å². The minimum atomic E-state index is 0.0405. The third-order valence-electron chi connectivity index (χ3n) is 4.38. The highest BCUT2D eigenvalue weighted by Gasteiger charge is 2.25. The van der Waals surface area contributed by atoms with Crippen LogP contribution in [0.25, 0.3) is 10.2 Å². The number of methoxy groups -OCH3 is 1. The van der Waals surface area contributed by atoms with E-state index in [2.05, 4.69) is 16.1 Å². The molecule has 1 saturated heterocycles. The number of hydrogen-bond donors (Lipinski definition) is 0. The Kier molecular flexibility index (Phi) is 4.04. The lowest BCUT2D eigenvalue weighted by molar-refractivity contribution is 0.0746. The zero-order chi connectivity index (χ0) is 17.4. The number of ether oxygens (including phenoxy) is 1. The van der Waals surface area contributed by atoms with Crippen LogP contribution in [-0.4, -0.2) is 58.9 Å². The van der Waals surface area contributed by atoms with Crippen molar-refractivity contribution < 1.29 is 9.53 Å². The fourth-order valence-corrected chi connectivity index (χ4v) is 4.06. The number of aromatic nitrogens is 3. The lowest BCUT2D eigenvalue weighted by Crippen LogP contribution is -2.48. The van der Waals surface area contributed by atoms with Gasteiger partial charge in [-0.05, 0) is 12.1 Å². The second-order valence-electron chi connectivity index (χ2n) is 5.99. The summed E-state index contributed by atoms with van der Waals surface area (Å²) in [5, 5.41) is 5.05. The van der Waals surface area contributed by atoms with Crippen LogP contribution in [0.5, 0.6) is 5.75 Å². The SMILES string of the molecule is COc1cccc2sc(N3CCN(C(=O)c4cnn(C)c4)CC3)nc12. The number of fused-ring (bicyclic) bond motifs is 1. The molecule has 1 fully saturated rings. The zero-order valence-electron chi connectivity index (χ0n) is 14.2. The molecule has 0 spiro atoms. The van der Waals surface area contributed by atoms with Crippen molar-refractivity contribution in [2.45, 2.75) is 0 Å². The molecule has 1 amide bonds. The molecule has 7 nitrogen and oxygen atoms in total. The average molecular weight is 357 g/mol. The molecule has 130 valence electrons. The Balaban J connectivity index is 1.47. The Hall–Kier alpha value is -2.61. The Labute approximate surface area is 149 Å². The van der Waals surface area contributed by atoms with E-state index >= 15 is 0 Å². The van der Waals surface area contributed by atoms with Crippen molar-refractivity contribution in [1.82, 2.24) is 19.7 Å². The monoisotopic (exact) mass is 357 g/mol. The van der Waals surface area contributed by atoms with Crippen LogP contribution in [0.2, 0.25) is 0 Å². The van der Waals surface area contributed by atoms with Crippen LogP contribution < -0.4 is 9.64 Å². The molecule has 0 bridgehead atoms. The predicted molar refractivity (Wildman–Crippen MR) is 97.5 cm³/mol. The smallest absolute Gasteiger partial charge is 0.257 e. The number of hydrogen-bond acceptors (Lipinski definition) is 6. The number of nitrogens with zero attached hydrogens (tertiary/aromatic N) is 5. The quantitative estimate of drug-likeness (QED) is 0.717. The van der Waals surface area contributed by atoms with Gasteiger partial charge in [-0.2, -0.15) is 5.10 Å². The highest BCUT2D eigenvalue weighted by Crippen LogP contribution is 2.34. The largest absolute Gasteiger partial charge is 0.494 e. The first-order valence-corrected chi connectivity index (χ1v) is 8.94. The minimum absolute atomic E-state index is 0.0405. The molecule has 0 atom stereocenters. The Morgan fingerprint density at radius 2 is 2.04 bits per heavy atom. The molecule has 0 radical (unpaired) electrons. The van der Waals surface area contributed by atoms with E-state index < -0.39 is 0 Å². The molecule has 4 rings (SSSR count). The lowest BCUT2D eigenvalue weighted by Gasteiger charge is -2.34. The third-order valence-corrected chi connectivity index (χ3v) is 5.46. The Morgan fingerprint density at radius 1 is 1.24 bits per heavy atom. The van der Waals surface area contributed by atoms with Gasteiger partial charge < -0.3 is 14.5 Å². The van der Waals surface area contributed by atoms with Gasteiger partial charge in [0.15, 0.2) is 5.13 Å². The average Bonchev–Trinajstić information content (AvgIpc) is 3.27. The number of amides is 1. The van der Waals surface area contributed by atoms with Crippen molar-refractivity contribution in [2.24, 2.45) is 7.05 Å².